The number of fused-ring (bicyclic) bond motifs is 9. The Morgan fingerprint density at radius 1 is 1.11 bits per heavy atom. The van der Waals surface area contributed by atoms with Crippen LogP contribution in [0.4, 0.5) is 0 Å². The molecule has 0 amide bonds. The van der Waals surface area contributed by atoms with Crippen LogP contribution in [0.1, 0.15) is 63.2 Å². The van der Waals surface area contributed by atoms with Crippen LogP contribution in [0.2, 0.25) is 0 Å². The Hall–Kier alpha value is -3.50. The van der Waals surface area contributed by atoms with Crippen molar-refractivity contribution in [3.05, 3.63) is 45.0 Å². The molecule has 7 atom stereocenters. The largest absolute Gasteiger partial charge is 0.496 e. The molecule has 2 aromatic rings. The maximum Gasteiger partial charge on any atom is 0.323 e. The second kappa shape index (κ2) is 10.5. The molecule has 0 aliphatic carbocycles. The van der Waals surface area contributed by atoms with E-state index in [0.717, 1.165) is 28.0 Å². The van der Waals surface area contributed by atoms with E-state index in [4.69, 9.17) is 29.4 Å². The molecule has 12 heteroatoms. The molecule has 2 aromatic carbocycles. The third-order valence-electron chi connectivity index (χ3n) is 9.96. The average Bonchev–Trinajstić information content (AvgIpc) is 3.47. The zero-order chi connectivity index (χ0) is 31.2. The van der Waals surface area contributed by atoms with Crippen molar-refractivity contribution in [3.63, 3.8) is 0 Å². The highest BCUT2D eigenvalue weighted by Crippen LogP contribution is 2.63. The fourth-order valence-electron chi connectivity index (χ4n) is 8.32. The van der Waals surface area contributed by atoms with Crippen molar-refractivity contribution in [3.8, 4) is 29.1 Å². The van der Waals surface area contributed by atoms with Crippen LogP contribution in [0.25, 0.3) is 0 Å². The van der Waals surface area contributed by atoms with Gasteiger partial charge in [0.25, 0.3) is 0 Å². The van der Waals surface area contributed by atoms with Crippen LogP contribution < -0.4 is 24.7 Å². The highest BCUT2D eigenvalue weighted by atomic mass is 32.2. The van der Waals surface area contributed by atoms with Crippen molar-refractivity contribution in [1.29, 1.82) is 5.26 Å². The van der Waals surface area contributed by atoms with Crippen LogP contribution in [0.15, 0.2) is 6.07 Å². The van der Waals surface area contributed by atoms with Gasteiger partial charge in [-0.2, -0.15) is 5.26 Å². The van der Waals surface area contributed by atoms with Crippen LogP contribution in [-0.4, -0.2) is 79.2 Å². The summed E-state index contributed by atoms with van der Waals surface area (Å²) in [6, 6.07) is 2.32. The number of likely N-dealkylation sites (N-methyl/N-ethyl adjacent to an activating group) is 1. The van der Waals surface area contributed by atoms with Crippen LogP contribution >= 0.6 is 11.8 Å². The highest BCUT2D eigenvalue weighted by Gasteiger charge is 2.60. The maximum atomic E-state index is 13.0. The first-order valence-corrected chi connectivity index (χ1v) is 15.9. The molecule has 5 aliphatic rings. The SMILES string of the molecule is COc1c(C)cc2c(c1C)[C@@H]1C3[C@@H]4SCC(N)C(=O)OC[C@@H](c5c6c(c(C)c(OC(C)=O)c54)OCO6)N3[C@@H](C#N)[C@H](C2)N1C. The van der Waals surface area contributed by atoms with Crippen LogP contribution in [0.3, 0.4) is 0 Å². The van der Waals surface area contributed by atoms with Gasteiger partial charge in [0, 0.05) is 41.5 Å². The molecule has 5 heterocycles. The van der Waals surface area contributed by atoms with Gasteiger partial charge in [0.05, 0.1) is 30.5 Å². The van der Waals surface area contributed by atoms with Crippen molar-refractivity contribution in [2.45, 2.75) is 75.6 Å². The number of ether oxygens (including phenoxy) is 5. The van der Waals surface area contributed by atoms with Gasteiger partial charge >= 0.3 is 11.9 Å². The molecule has 7 rings (SSSR count). The molecule has 0 spiro atoms. The topological polar surface area (TPSA) is 137 Å². The fraction of sp³-hybridized carbons (Fsp3) is 0.531. The predicted molar refractivity (Wildman–Crippen MR) is 161 cm³/mol. The lowest BCUT2D eigenvalue weighted by Gasteiger charge is -2.62. The summed E-state index contributed by atoms with van der Waals surface area (Å²) >= 11 is 1.52. The van der Waals surface area contributed by atoms with Gasteiger partial charge < -0.3 is 29.4 Å². The predicted octanol–water partition coefficient (Wildman–Crippen LogP) is 3.16. The molecule has 2 fully saturated rings. The molecule has 2 saturated heterocycles. The molecule has 0 saturated carbocycles. The Bertz CT molecular complexity index is 1640. The zero-order valence-electron chi connectivity index (χ0n) is 25.6. The van der Waals surface area contributed by atoms with Gasteiger partial charge in [-0.1, -0.05) is 6.07 Å². The number of thioether (sulfide) groups is 1. The number of nitrogens with zero attached hydrogens (tertiary/aromatic N) is 3. The number of hydrogen-bond acceptors (Lipinski definition) is 12. The zero-order valence-corrected chi connectivity index (χ0v) is 26.4. The summed E-state index contributed by atoms with van der Waals surface area (Å²) in [5.41, 5.74) is 13.1. The molecule has 44 heavy (non-hydrogen) atoms. The minimum absolute atomic E-state index is 0.00609. The summed E-state index contributed by atoms with van der Waals surface area (Å²) in [4.78, 5) is 30.1. The van der Waals surface area contributed by atoms with E-state index >= 15 is 0 Å². The molecule has 4 bridgehead atoms. The maximum absolute atomic E-state index is 13.0. The Morgan fingerprint density at radius 3 is 2.57 bits per heavy atom. The summed E-state index contributed by atoms with van der Waals surface area (Å²) in [7, 11) is 3.79. The minimum atomic E-state index is -0.840. The number of nitriles is 1. The highest BCUT2D eigenvalue weighted by molar-refractivity contribution is 7.99. The van der Waals surface area contributed by atoms with Crippen molar-refractivity contribution >= 4 is 23.7 Å². The molecule has 232 valence electrons. The number of carbonyl (C=O) groups is 2. The lowest BCUT2D eigenvalue weighted by molar-refractivity contribution is -0.150. The number of carbonyl (C=O) groups excluding carboxylic acids is 2. The first-order chi connectivity index (χ1) is 21.1. The van der Waals surface area contributed by atoms with E-state index in [-0.39, 0.29) is 42.5 Å². The lowest BCUT2D eigenvalue weighted by atomic mass is 9.70. The third-order valence-corrected chi connectivity index (χ3v) is 11.4. The van der Waals surface area contributed by atoms with Gasteiger partial charge in [0.15, 0.2) is 11.5 Å². The number of hydrogen-bond donors (Lipinski definition) is 1. The smallest absolute Gasteiger partial charge is 0.323 e. The molecular weight excluding hydrogens is 584 g/mol. The molecule has 0 aromatic heterocycles. The molecular formula is C32H36N4O7S. The third kappa shape index (κ3) is 3.99. The lowest BCUT2D eigenvalue weighted by Crippen LogP contribution is -2.69. The summed E-state index contributed by atoms with van der Waals surface area (Å²) in [5.74, 6) is 1.63. The normalized spacial score (nSPS) is 30.4. The number of benzene rings is 2. The minimum Gasteiger partial charge on any atom is -0.496 e. The van der Waals surface area contributed by atoms with Gasteiger partial charge in [-0.15, -0.1) is 11.8 Å². The first kappa shape index (κ1) is 29.2. The number of aryl methyl sites for hydroxylation is 1. The van der Waals surface area contributed by atoms with Crippen LogP contribution in [0, 0.1) is 32.1 Å². The van der Waals surface area contributed by atoms with E-state index in [9.17, 15) is 14.9 Å². The summed E-state index contributed by atoms with van der Waals surface area (Å²) < 4.78 is 29.8. The molecule has 2 unspecified atom stereocenters. The standard InChI is InChI=1S/C32H36N4O7S/c1-13-7-17-8-19-20(9-33)36-21-10-40-32(38)18(34)11-44-31(26(36)25(35(19)5)22(17)14(2)27(13)39-6)24-23(21)30-29(41-12-42-30)15(3)28(24)43-16(4)37/h7,18-21,25-26,31H,8,10-12,34H2,1-6H3/t18?,19-,20-,21-,25+,26?,31+/m0/s1. The Kier molecular flexibility index (Phi) is 7.01. The van der Waals surface area contributed by atoms with E-state index in [1.807, 2.05) is 6.92 Å². The number of cyclic esters (lactones) is 1. The first-order valence-electron chi connectivity index (χ1n) is 14.8. The van der Waals surface area contributed by atoms with E-state index in [1.54, 1.807) is 7.11 Å². The van der Waals surface area contributed by atoms with E-state index < -0.39 is 30.1 Å². The van der Waals surface area contributed by atoms with Gasteiger partial charge in [0.1, 0.15) is 30.2 Å². The second-order valence-corrected chi connectivity index (χ2v) is 13.4. The number of esters is 2. The van der Waals surface area contributed by atoms with Crippen molar-refractivity contribution in [1.82, 2.24) is 9.80 Å². The van der Waals surface area contributed by atoms with Gasteiger partial charge in [-0.05, 0) is 56.5 Å². The van der Waals surface area contributed by atoms with Crippen molar-refractivity contribution < 1.29 is 33.3 Å². The Balaban J connectivity index is 1.56. The molecule has 2 N–H and O–H groups in total. The number of rotatable bonds is 2. The Labute approximate surface area is 260 Å². The van der Waals surface area contributed by atoms with Crippen molar-refractivity contribution in [2.75, 3.05) is 33.3 Å². The number of methoxy groups -OCH3 is 1. The molecule has 11 nitrogen and oxygen atoms in total. The van der Waals surface area contributed by atoms with E-state index in [2.05, 4.69) is 42.8 Å². The second-order valence-electron chi connectivity index (χ2n) is 12.3. The summed E-state index contributed by atoms with van der Waals surface area (Å²) in [6.45, 7) is 7.36. The van der Waals surface area contributed by atoms with Gasteiger partial charge in [-0.3, -0.25) is 19.4 Å². The quantitative estimate of drug-likeness (QED) is 0.390. The number of nitrogens with two attached hydrogens (primary N) is 1. The molecule has 5 aliphatic heterocycles. The van der Waals surface area contributed by atoms with E-state index in [1.165, 1.54) is 29.8 Å². The Morgan fingerprint density at radius 2 is 1.86 bits per heavy atom. The number of piperazine rings is 1. The van der Waals surface area contributed by atoms with Crippen LogP contribution in [-0.2, 0) is 20.7 Å². The van der Waals surface area contributed by atoms with Gasteiger partial charge in [0.2, 0.25) is 6.79 Å². The van der Waals surface area contributed by atoms with Gasteiger partial charge in [-0.25, -0.2) is 0 Å². The monoisotopic (exact) mass is 620 g/mol. The average molecular weight is 621 g/mol. The van der Waals surface area contributed by atoms with Crippen molar-refractivity contribution in [2.24, 2.45) is 5.73 Å². The summed E-state index contributed by atoms with van der Waals surface area (Å²) in [6.07, 6.45) is 0.682. The molecule has 0 radical (unpaired) electrons. The van der Waals surface area contributed by atoms with Crippen LogP contribution in [0.5, 0.6) is 23.0 Å². The fourth-order valence-corrected chi connectivity index (χ4v) is 9.75. The summed E-state index contributed by atoms with van der Waals surface area (Å²) in [5, 5.41) is 10.5. The van der Waals surface area contributed by atoms with E-state index in [0.29, 0.717) is 29.2 Å².